The van der Waals surface area contributed by atoms with Gasteiger partial charge in [0.15, 0.2) is 0 Å². The fourth-order valence-corrected chi connectivity index (χ4v) is 4.33. The molecule has 4 aromatic rings. The van der Waals surface area contributed by atoms with Crippen LogP contribution in [0.15, 0.2) is 54.6 Å². The van der Waals surface area contributed by atoms with Gasteiger partial charge in [-0.25, -0.2) is 4.98 Å². The highest BCUT2D eigenvalue weighted by atomic mass is 35.5. The Morgan fingerprint density at radius 3 is 2.46 bits per heavy atom. The molecule has 0 aliphatic rings. The van der Waals surface area contributed by atoms with Gasteiger partial charge in [-0.05, 0) is 55.0 Å². The van der Waals surface area contributed by atoms with Crippen molar-refractivity contribution < 1.29 is 9.53 Å². The number of halogens is 2. The minimum Gasteiger partial charge on any atom is -0.495 e. The molecule has 0 saturated carbocycles. The van der Waals surface area contributed by atoms with Gasteiger partial charge < -0.3 is 24.4 Å². The van der Waals surface area contributed by atoms with Gasteiger partial charge in [0.1, 0.15) is 12.3 Å². The van der Waals surface area contributed by atoms with E-state index in [-0.39, 0.29) is 12.5 Å². The zero-order valence-corrected chi connectivity index (χ0v) is 21.8. The minimum atomic E-state index is -0.0287. The first-order valence-corrected chi connectivity index (χ1v) is 11.7. The third-order valence-corrected chi connectivity index (χ3v) is 6.29. The first kappa shape index (κ1) is 24.7. The van der Waals surface area contributed by atoms with Crippen LogP contribution in [0.1, 0.15) is 5.56 Å². The average molecular weight is 512 g/mol. The van der Waals surface area contributed by atoms with E-state index in [1.807, 2.05) is 72.0 Å². The van der Waals surface area contributed by atoms with E-state index in [4.69, 9.17) is 32.9 Å². The van der Waals surface area contributed by atoms with Gasteiger partial charge in [0.2, 0.25) is 11.9 Å². The Morgan fingerprint density at radius 1 is 1.09 bits per heavy atom. The molecule has 35 heavy (non-hydrogen) atoms. The van der Waals surface area contributed by atoms with Gasteiger partial charge in [-0.1, -0.05) is 29.3 Å². The molecule has 9 heteroatoms. The summed E-state index contributed by atoms with van der Waals surface area (Å²) in [4.78, 5) is 21.2. The normalized spacial score (nSPS) is 10.9. The highest BCUT2D eigenvalue weighted by Crippen LogP contribution is 2.37. The lowest BCUT2D eigenvalue weighted by atomic mass is 10.2. The molecule has 0 fully saturated rings. The lowest BCUT2D eigenvalue weighted by Crippen LogP contribution is -2.34. The second kappa shape index (κ2) is 10.1. The second-order valence-electron chi connectivity index (χ2n) is 8.41. The second-order valence-corrected chi connectivity index (χ2v) is 9.29. The summed E-state index contributed by atoms with van der Waals surface area (Å²) in [5.41, 5.74) is 5.08. The van der Waals surface area contributed by atoms with Crippen molar-refractivity contribution in [2.24, 2.45) is 7.05 Å². The monoisotopic (exact) mass is 511 g/mol. The molecule has 1 amide bonds. The standard InChI is InChI=1S/C26H27Cl2N5O2/c1-16-13-18(28)14-22(35-5)24(16)30-26-29-20-7-6-8-21(25(20)32(26)4)33(15-23(34)31(2)3)19-11-9-17(27)10-12-19/h6-14H,15H2,1-5H3,(H,29,30). The number of benzene rings is 3. The van der Waals surface area contributed by atoms with Crippen LogP contribution < -0.4 is 15.0 Å². The number of likely N-dealkylation sites (N-methyl/N-ethyl adjacent to an activating group) is 1. The van der Waals surface area contributed by atoms with Crippen LogP contribution >= 0.6 is 23.2 Å². The molecule has 3 aromatic carbocycles. The number of ether oxygens (including phenoxy) is 1. The third kappa shape index (κ3) is 5.01. The number of carbonyl (C=O) groups is 1. The van der Waals surface area contributed by atoms with Crippen LogP contribution in [0, 0.1) is 6.92 Å². The van der Waals surface area contributed by atoms with Crippen LogP contribution in [0.25, 0.3) is 11.0 Å². The molecule has 1 aromatic heterocycles. The molecule has 0 spiro atoms. The van der Waals surface area contributed by atoms with Gasteiger partial charge >= 0.3 is 0 Å². The molecule has 4 rings (SSSR count). The Hall–Kier alpha value is -3.42. The molecule has 0 radical (unpaired) electrons. The summed E-state index contributed by atoms with van der Waals surface area (Å²) in [7, 11) is 7.04. The number of amides is 1. The molecule has 1 N–H and O–H groups in total. The molecule has 1 heterocycles. The first-order valence-electron chi connectivity index (χ1n) is 11.0. The van der Waals surface area contributed by atoms with Crippen molar-refractivity contribution >= 4 is 63.2 Å². The van der Waals surface area contributed by atoms with E-state index < -0.39 is 0 Å². The van der Waals surface area contributed by atoms with E-state index in [0.717, 1.165) is 33.7 Å². The van der Waals surface area contributed by atoms with Gasteiger partial charge in [-0.15, -0.1) is 0 Å². The van der Waals surface area contributed by atoms with E-state index in [0.29, 0.717) is 21.7 Å². The van der Waals surface area contributed by atoms with Crippen LogP contribution in [-0.2, 0) is 11.8 Å². The van der Waals surface area contributed by atoms with Crippen molar-refractivity contribution in [3.8, 4) is 5.75 Å². The van der Waals surface area contributed by atoms with Crippen LogP contribution in [0.3, 0.4) is 0 Å². The molecule has 0 aliphatic heterocycles. The summed E-state index contributed by atoms with van der Waals surface area (Å²) in [5, 5.41) is 4.63. The van der Waals surface area contributed by atoms with Crippen LogP contribution in [0.4, 0.5) is 23.0 Å². The van der Waals surface area contributed by atoms with Crippen molar-refractivity contribution in [1.82, 2.24) is 14.5 Å². The maximum atomic E-state index is 12.8. The quantitative estimate of drug-likeness (QED) is 0.321. The van der Waals surface area contributed by atoms with Crippen LogP contribution in [0.2, 0.25) is 10.0 Å². The summed E-state index contributed by atoms with van der Waals surface area (Å²) in [6, 6.07) is 16.9. The third-order valence-electron chi connectivity index (χ3n) is 5.81. The molecule has 0 saturated heterocycles. The highest BCUT2D eigenvalue weighted by Gasteiger charge is 2.21. The Morgan fingerprint density at radius 2 is 1.80 bits per heavy atom. The first-order chi connectivity index (χ1) is 16.7. The lowest BCUT2D eigenvalue weighted by Gasteiger charge is -2.27. The Kier molecular flexibility index (Phi) is 7.10. The van der Waals surface area contributed by atoms with E-state index in [9.17, 15) is 4.79 Å². The smallest absolute Gasteiger partial charge is 0.242 e. The van der Waals surface area contributed by atoms with Crippen molar-refractivity contribution in [3.63, 3.8) is 0 Å². The number of para-hydroxylation sites is 1. The number of hydrogen-bond acceptors (Lipinski definition) is 5. The predicted octanol–water partition coefficient (Wildman–Crippen LogP) is 6.17. The largest absolute Gasteiger partial charge is 0.495 e. The Bertz CT molecular complexity index is 1380. The molecular formula is C26H27Cl2N5O2. The van der Waals surface area contributed by atoms with E-state index in [1.54, 1.807) is 32.2 Å². The van der Waals surface area contributed by atoms with Gasteiger partial charge in [-0.2, -0.15) is 0 Å². The van der Waals surface area contributed by atoms with Gasteiger partial charge in [-0.3, -0.25) is 4.79 Å². The molecule has 0 aliphatic carbocycles. The fourth-order valence-electron chi connectivity index (χ4n) is 3.94. The number of rotatable bonds is 7. The van der Waals surface area contributed by atoms with Crippen molar-refractivity contribution in [2.45, 2.75) is 6.92 Å². The lowest BCUT2D eigenvalue weighted by molar-refractivity contribution is -0.127. The number of aryl methyl sites for hydroxylation is 2. The number of fused-ring (bicyclic) bond motifs is 1. The summed E-state index contributed by atoms with van der Waals surface area (Å²) in [5.74, 6) is 1.23. The van der Waals surface area contributed by atoms with Crippen molar-refractivity contribution in [3.05, 3.63) is 70.2 Å². The van der Waals surface area contributed by atoms with Crippen LogP contribution in [-0.4, -0.2) is 48.1 Å². The minimum absolute atomic E-state index is 0.0287. The number of imidazole rings is 1. The number of carbonyl (C=O) groups excluding carboxylic acids is 1. The maximum absolute atomic E-state index is 12.8. The molecule has 0 bridgehead atoms. The van der Waals surface area contributed by atoms with Crippen LogP contribution in [0.5, 0.6) is 5.75 Å². The fraction of sp³-hybridized carbons (Fsp3) is 0.231. The Labute approximate surface area is 214 Å². The molecule has 7 nitrogen and oxygen atoms in total. The average Bonchev–Trinajstić information content (AvgIpc) is 3.15. The number of methoxy groups -OCH3 is 1. The van der Waals surface area contributed by atoms with Gasteiger partial charge in [0.25, 0.3) is 0 Å². The SMILES string of the molecule is COc1cc(Cl)cc(C)c1Nc1nc2cccc(N(CC(=O)N(C)C)c3ccc(Cl)cc3)c2n1C. The highest BCUT2D eigenvalue weighted by molar-refractivity contribution is 6.31. The zero-order valence-electron chi connectivity index (χ0n) is 20.3. The summed E-state index contributed by atoms with van der Waals surface area (Å²) < 4.78 is 7.52. The van der Waals surface area contributed by atoms with Gasteiger partial charge in [0.05, 0.1) is 29.5 Å². The molecular weight excluding hydrogens is 485 g/mol. The van der Waals surface area contributed by atoms with E-state index in [2.05, 4.69) is 5.32 Å². The number of anilines is 4. The number of nitrogens with one attached hydrogen (secondary N) is 1. The topological polar surface area (TPSA) is 62.6 Å². The summed E-state index contributed by atoms with van der Waals surface area (Å²) >= 11 is 12.3. The maximum Gasteiger partial charge on any atom is 0.242 e. The van der Waals surface area contributed by atoms with Crippen molar-refractivity contribution in [1.29, 1.82) is 0 Å². The molecule has 182 valence electrons. The number of hydrogen-bond donors (Lipinski definition) is 1. The number of aromatic nitrogens is 2. The molecule has 0 unspecified atom stereocenters. The van der Waals surface area contributed by atoms with Crippen molar-refractivity contribution in [2.75, 3.05) is 38.0 Å². The zero-order chi connectivity index (χ0) is 25.3. The Balaban J connectivity index is 1.84. The summed E-state index contributed by atoms with van der Waals surface area (Å²) in [6.07, 6.45) is 0. The predicted molar refractivity (Wildman–Crippen MR) is 144 cm³/mol. The summed E-state index contributed by atoms with van der Waals surface area (Å²) in [6.45, 7) is 2.12. The van der Waals surface area contributed by atoms with Gasteiger partial charge in [0, 0.05) is 42.9 Å². The molecule has 0 atom stereocenters. The number of nitrogens with zero attached hydrogens (tertiary/aromatic N) is 4. The van der Waals surface area contributed by atoms with E-state index in [1.165, 1.54) is 0 Å². The van der Waals surface area contributed by atoms with E-state index >= 15 is 0 Å².